The standard InChI is InChI=1S/C23H30N2O5S/c1-4-29-19-12-17(8-9-18(19)30-15-16(2)3)13-20-22(27)25(23(28)31-20)14-21(26)24-10-6-5-7-11-24/h8-9,12-13,16H,4-7,10-11,14-15H2,1-3H3/b20-13-. The lowest BCUT2D eigenvalue weighted by atomic mass is 10.1. The first-order valence-corrected chi connectivity index (χ1v) is 11.6. The highest BCUT2D eigenvalue weighted by atomic mass is 32.2. The lowest BCUT2D eigenvalue weighted by molar-refractivity contribution is -0.136. The fourth-order valence-electron chi connectivity index (χ4n) is 3.42. The number of hydrogen-bond acceptors (Lipinski definition) is 6. The summed E-state index contributed by atoms with van der Waals surface area (Å²) in [7, 11) is 0. The van der Waals surface area contributed by atoms with E-state index in [1.807, 2.05) is 19.1 Å². The van der Waals surface area contributed by atoms with Gasteiger partial charge in [0.1, 0.15) is 6.54 Å². The van der Waals surface area contributed by atoms with Crippen LogP contribution in [0.2, 0.25) is 0 Å². The van der Waals surface area contributed by atoms with Crippen molar-refractivity contribution < 1.29 is 23.9 Å². The van der Waals surface area contributed by atoms with Gasteiger partial charge in [0.2, 0.25) is 5.91 Å². The fourth-order valence-corrected chi connectivity index (χ4v) is 4.26. The van der Waals surface area contributed by atoms with E-state index in [9.17, 15) is 14.4 Å². The third-order valence-corrected chi connectivity index (χ3v) is 5.92. The molecule has 31 heavy (non-hydrogen) atoms. The number of benzene rings is 1. The van der Waals surface area contributed by atoms with E-state index in [-0.39, 0.29) is 12.5 Å². The number of thioether (sulfide) groups is 1. The van der Waals surface area contributed by atoms with Crippen molar-refractivity contribution in [2.45, 2.75) is 40.0 Å². The molecule has 0 N–H and O–H groups in total. The summed E-state index contributed by atoms with van der Waals surface area (Å²) in [6.45, 7) is 8.27. The minimum absolute atomic E-state index is 0.173. The Kier molecular flexibility index (Phi) is 8.01. The van der Waals surface area contributed by atoms with Crippen LogP contribution < -0.4 is 9.47 Å². The second-order valence-electron chi connectivity index (χ2n) is 8.05. The smallest absolute Gasteiger partial charge is 0.294 e. The van der Waals surface area contributed by atoms with Crippen molar-refractivity contribution in [3.8, 4) is 11.5 Å². The Morgan fingerprint density at radius 1 is 1.13 bits per heavy atom. The quantitative estimate of drug-likeness (QED) is 0.558. The highest BCUT2D eigenvalue weighted by molar-refractivity contribution is 8.18. The Labute approximate surface area is 187 Å². The van der Waals surface area contributed by atoms with E-state index in [0.717, 1.165) is 41.5 Å². The van der Waals surface area contributed by atoms with Crippen LogP contribution in [0.5, 0.6) is 11.5 Å². The topological polar surface area (TPSA) is 76.2 Å². The first-order chi connectivity index (χ1) is 14.9. The molecule has 0 radical (unpaired) electrons. The van der Waals surface area contributed by atoms with Gasteiger partial charge in [0, 0.05) is 13.1 Å². The van der Waals surface area contributed by atoms with E-state index in [0.29, 0.717) is 48.6 Å². The van der Waals surface area contributed by atoms with Gasteiger partial charge in [0.05, 0.1) is 18.1 Å². The number of amides is 3. The Morgan fingerprint density at radius 2 is 1.87 bits per heavy atom. The number of ether oxygens (including phenoxy) is 2. The molecule has 8 heteroatoms. The van der Waals surface area contributed by atoms with Crippen molar-refractivity contribution >= 4 is 34.9 Å². The molecular weight excluding hydrogens is 416 g/mol. The summed E-state index contributed by atoms with van der Waals surface area (Å²) in [5.74, 6) is 1.02. The molecule has 2 saturated heterocycles. The predicted octanol–water partition coefficient (Wildman–Crippen LogP) is 4.17. The largest absolute Gasteiger partial charge is 0.490 e. The normalized spacial score (nSPS) is 18.3. The Hall–Kier alpha value is -2.48. The maximum Gasteiger partial charge on any atom is 0.294 e. The third kappa shape index (κ3) is 6.03. The van der Waals surface area contributed by atoms with Gasteiger partial charge >= 0.3 is 0 Å². The molecule has 2 aliphatic rings. The van der Waals surface area contributed by atoms with Gasteiger partial charge in [-0.1, -0.05) is 19.9 Å². The van der Waals surface area contributed by atoms with E-state index >= 15 is 0 Å². The summed E-state index contributed by atoms with van der Waals surface area (Å²) in [4.78, 5) is 40.7. The minimum atomic E-state index is -0.432. The molecule has 0 saturated carbocycles. The van der Waals surface area contributed by atoms with E-state index in [2.05, 4.69) is 13.8 Å². The SMILES string of the molecule is CCOc1cc(/C=C2\SC(=O)N(CC(=O)N3CCCCC3)C2=O)ccc1OCC(C)C. The molecule has 0 bridgehead atoms. The lowest BCUT2D eigenvalue weighted by Gasteiger charge is -2.27. The Morgan fingerprint density at radius 3 is 2.55 bits per heavy atom. The molecule has 3 rings (SSSR count). The molecule has 3 amide bonds. The van der Waals surface area contributed by atoms with Crippen molar-refractivity contribution in [1.29, 1.82) is 0 Å². The van der Waals surface area contributed by atoms with Gasteiger partial charge in [0.15, 0.2) is 11.5 Å². The highest BCUT2D eigenvalue weighted by Gasteiger charge is 2.37. The number of imide groups is 1. The van der Waals surface area contributed by atoms with E-state index in [4.69, 9.17) is 9.47 Å². The molecule has 0 aliphatic carbocycles. The van der Waals surface area contributed by atoms with Crippen molar-refractivity contribution in [1.82, 2.24) is 9.80 Å². The summed E-state index contributed by atoms with van der Waals surface area (Å²) in [5.41, 5.74) is 0.730. The van der Waals surface area contributed by atoms with Crippen molar-refractivity contribution in [3.05, 3.63) is 28.7 Å². The first-order valence-electron chi connectivity index (χ1n) is 10.8. The number of rotatable bonds is 8. The van der Waals surface area contributed by atoms with Crippen molar-refractivity contribution in [2.24, 2.45) is 5.92 Å². The maximum atomic E-state index is 12.8. The van der Waals surface area contributed by atoms with Gasteiger partial charge in [-0.3, -0.25) is 19.3 Å². The molecule has 2 heterocycles. The van der Waals surface area contributed by atoms with Crippen LogP contribution in [-0.2, 0) is 9.59 Å². The molecule has 2 aliphatic heterocycles. The van der Waals surface area contributed by atoms with E-state index in [1.165, 1.54) is 0 Å². The number of carbonyl (C=O) groups is 3. The minimum Gasteiger partial charge on any atom is -0.490 e. The van der Waals surface area contributed by atoms with Gasteiger partial charge in [0.25, 0.3) is 11.1 Å². The molecule has 1 aromatic rings. The van der Waals surface area contributed by atoms with E-state index in [1.54, 1.807) is 17.0 Å². The summed E-state index contributed by atoms with van der Waals surface area (Å²) >= 11 is 0.859. The molecule has 0 spiro atoms. The molecule has 2 fully saturated rings. The van der Waals surface area contributed by atoms with Crippen LogP contribution in [0.1, 0.15) is 45.6 Å². The number of carbonyl (C=O) groups excluding carboxylic acids is 3. The fraction of sp³-hybridized carbons (Fsp3) is 0.522. The average molecular weight is 447 g/mol. The van der Waals surface area contributed by atoms with Gasteiger partial charge < -0.3 is 14.4 Å². The third-order valence-electron chi connectivity index (χ3n) is 5.01. The zero-order valence-corrected chi connectivity index (χ0v) is 19.2. The number of nitrogens with zero attached hydrogens (tertiary/aromatic N) is 2. The van der Waals surface area contributed by atoms with Gasteiger partial charge in [-0.2, -0.15) is 0 Å². The van der Waals surface area contributed by atoms with Crippen LogP contribution >= 0.6 is 11.8 Å². The number of likely N-dealkylation sites (tertiary alicyclic amines) is 1. The van der Waals surface area contributed by atoms with Gasteiger partial charge in [-0.25, -0.2) is 0 Å². The summed E-state index contributed by atoms with van der Waals surface area (Å²) < 4.78 is 11.5. The molecule has 7 nitrogen and oxygen atoms in total. The first kappa shape index (κ1) is 23.2. The zero-order chi connectivity index (χ0) is 22.4. The molecule has 0 aromatic heterocycles. The summed E-state index contributed by atoms with van der Waals surface area (Å²) in [6.07, 6.45) is 4.70. The van der Waals surface area contributed by atoms with E-state index < -0.39 is 11.1 Å². The zero-order valence-electron chi connectivity index (χ0n) is 18.4. The average Bonchev–Trinajstić information content (AvgIpc) is 3.01. The second-order valence-corrected chi connectivity index (χ2v) is 9.05. The van der Waals surface area contributed by atoms with Crippen LogP contribution in [0.3, 0.4) is 0 Å². The Bertz CT molecular complexity index is 862. The molecule has 0 unspecified atom stereocenters. The van der Waals surface area contributed by atoms with Gasteiger partial charge in [-0.15, -0.1) is 0 Å². The maximum absolute atomic E-state index is 12.8. The van der Waals surface area contributed by atoms with Crippen LogP contribution in [0.15, 0.2) is 23.1 Å². The molecule has 0 atom stereocenters. The Balaban J connectivity index is 1.72. The lowest BCUT2D eigenvalue weighted by Crippen LogP contribution is -2.44. The van der Waals surface area contributed by atoms with Crippen molar-refractivity contribution in [2.75, 3.05) is 32.8 Å². The van der Waals surface area contributed by atoms with Crippen LogP contribution in [0, 0.1) is 5.92 Å². The van der Waals surface area contributed by atoms with Crippen LogP contribution in [0.25, 0.3) is 6.08 Å². The monoisotopic (exact) mass is 446 g/mol. The molecular formula is C23H30N2O5S. The van der Waals surface area contributed by atoms with Crippen LogP contribution in [-0.4, -0.2) is 59.7 Å². The number of piperidine rings is 1. The molecule has 168 valence electrons. The van der Waals surface area contributed by atoms with Crippen LogP contribution in [0.4, 0.5) is 4.79 Å². The highest BCUT2D eigenvalue weighted by Crippen LogP contribution is 2.35. The second kappa shape index (κ2) is 10.7. The number of hydrogen-bond donors (Lipinski definition) is 0. The molecule has 1 aromatic carbocycles. The predicted molar refractivity (Wildman–Crippen MR) is 121 cm³/mol. The van der Waals surface area contributed by atoms with Gasteiger partial charge in [-0.05, 0) is 67.6 Å². The van der Waals surface area contributed by atoms with Crippen molar-refractivity contribution in [3.63, 3.8) is 0 Å². The summed E-state index contributed by atoms with van der Waals surface area (Å²) in [5, 5.41) is -0.413. The summed E-state index contributed by atoms with van der Waals surface area (Å²) in [6, 6.07) is 5.43.